The fraction of sp³-hybridized carbons (Fsp3) is 0.500. The minimum atomic E-state index is -0.824. The smallest absolute Gasteiger partial charge is 0.317 e. The van der Waals surface area contributed by atoms with E-state index in [9.17, 15) is 9.90 Å². The Morgan fingerprint density at radius 3 is 2.52 bits per heavy atom. The average Bonchev–Trinajstić information content (AvgIpc) is 2.72. The maximum absolute atomic E-state index is 11.2. The molecule has 21 heavy (non-hydrogen) atoms. The van der Waals surface area contributed by atoms with E-state index in [-0.39, 0.29) is 18.1 Å². The molecule has 0 amide bonds. The first-order valence-corrected chi connectivity index (χ1v) is 7.11. The van der Waals surface area contributed by atoms with E-state index in [1.54, 1.807) is 0 Å². The molecule has 0 spiro atoms. The zero-order valence-corrected chi connectivity index (χ0v) is 13.3. The number of hydrogen-bond donors (Lipinski definition) is 1. The molecule has 2 aromatic rings. The van der Waals surface area contributed by atoms with Gasteiger partial charge < -0.3 is 9.67 Å². The third-order valence-corrected chi connectivity index (χ3v) is 3.83. The molecule has 0 fully saturated rings. The average molecular weight is 289 g/mol. The maximum Gasteiger partial charge on any atom is 0.317 e. The van der Waals surface area contributed by atoms with Crippen molar-refractivity contribution < 1.29 is 9.90 Å². The number of benzene rings is 1. The van der Waals surface area contributed by atoms with Gasteiger partial charge in [-0.3, -0.25) is 9.69 Å². The van der Waals surface area contributed by atoms with E-state index in [4.69, 9.17) is 0 Å². The van der Waals surface area contributed by atoms with Crippen molar-refractivity contribution in [2.45, 2.75) is 39.3 Å². The second-order valence-corrected chi connectivity index (χ2v) is 6.39. The van der Waals surface area contributed by atoms with E-state index in [2.05, 4.69) is 4.98 Å². The minimum Gasteiger partial charge on any atom is -0.480 e. The lowest BCUT2D eigenvalue weighted by molar-refractivity contribution is -0.140. The van der Waals surface area contributed by atoms with E-state index in [1.165, 1.54) is 0 Å². The molecule has 0 aliphatic heterocycles. The quantitative estimate of drug-likeness (QED) is 0.940. The zero-order chi connectivity index (χ0) is 15.8. The number of carbonyl (C=O) groups is 1. The summed E-state index contributed by atoms with van der Waals surface area (Å²) < 4.78 is 2.04. The Morgan fingerprint density at radius 1 is 1.38 bits per heavy atom. The van der Waals surface area contributed by atoms with Crippen molar-refractivity contribution >= 4 is 17.0 Å². The van der Waals surface area contributed by atoms with Crippen molar-refractivity contribution in [2.75, 3.05) is 6.54 Å². The van der Waals surface area contributed by atoms with Crippen LogP contribution in [0.25, 0.3) is 11.0 Å². The number of para-hydroxylation sites is 2. The maximum atomic E-state index is 11.2. The highest BCUT2D eigenvalue weighted by Gasteiger charge is 2.31. The first-order valence-electron chi connectivity index (χ1n) is 7.11. The second-order valence-electron chi connectivity index (χ2n) is 6.39. The molecule has 1 aromatic heterocycles. The topological polar surface area (TPSA) is 58.4 Å². The lowest BCUT2D eigenvalue weighted by Gasteiger charge is -2.38. The number of carboxylic acid groups (broad SMARTS) is 1. The van der Waals surface area contributed by atoms with Crippen molar-refractivity contribution in [1.82, 2.24) is 14.5 Å². The van der Waals surface area contributed by atoms with Crippen LogP contribution in [0, 0.1) is 0 Å². The van der Waals surface area contributed by atoms with Gasteiger partial charge in [-0.25, -0.2) is 4.98 Å². The molecule has 0 aliphatic rings. The van der Waals surface area contributed by atoms with Gasteiger partial charge in [0.25, 0.3) is 0 Å². The van der Waals surface area contributed by atoms with Crippen LogP contribution in [0.15, 0.2) is 24.3 Å². The Hall–Kier alpha value is -1.88. The van der Waals surface area contributed by atoms with Crippen LogP contribution in [0.3, 0.4) is 0 Å². The Balaban J connectivity index is 2.45. The largest absolute Gasteiger partial charge is 0.480 e. The third-order valence-electron chi connectivity index (χ3n) is 3.83. The Bertz CT molecular complexity index is 655. The minimum absolute atomic E-state index is 0.00608. The summed E-state index contributed by atoms with van der Waals surface area (Å²) in [7, 11) is 1.97. The van der Waals surface area contributed by atoms with E-state index >= 15 is 0 Å². The lowest BCUT2D eigenvalue weighted by Crippen LogP contribution is -2.46. The van der Waals surface area contributed by atoms with Gasteiger partial charge in [-0.05, 0) is 39.8 Å². The van der Waals surface area contributed by atoms with Crippen molar-refractivity contribution in [3.63, 3.8) is 0 Å². The van der Waals surface area contributed by atoms with Crippen LogP contribution in [-0.4, -0.2) is 37.6 Å². The van der Waals surface area contributed by atoms with Crippen LogP contribution in [-0.2, 0) is 11.8 Å². The van der Waals surface area contributed by atoms with Gasteiger partial charge in [0.2, 0.25) is 0 Å². The van der Waals surface area contributed by atoms with Crippen molar-refractivity contribution in [2.24, 2.45) is 7.05 Å². The SMILES string of the molecule is CC(c1nc2ccccc2n1C)N(CC(=O)O)C(C)(C)C. The molecule has 1 atom stereocenters. The van der Waals surface area contributed by atoms with Crippen LogP contribution in [0.5, 0.6) is 0 Å². The predicted octanol–water partition coefficient (Wildman–Crippen LogP) is 2.82. The van der Waals surface area contributed by atoms with Crippen molar-refractivity contribution in [3.05, 3.63) is 30.1 Å². The number of aryl methyl sites for hydroxylation is 1. The number of carboxylic acids is 1. The summed E-state index contributed by atoms with van der Waals surface area (Å²) in [5.41, 5.74) is 1.74. The fourth-order valence-electron chi connectivity index (χ4n) is 2.78. The van der Waals surface area contributed by atoms with Gasteiger partial charge >= 0.3 is 5.97 Å². The summed E-state index contributed by atoms with van der Waals surface area (Å²) in [4.78, 5) is 17.8. The number of imidazole rings is 1. The molecule has 0 bridgehead atoms. The number of aliphatic carboxylic acids is 1. The molecule has 0 aliphatic carbocycles. The molecule has 114 valence electrons. The summed E-state index contributed by atoms with van der Waals surface area (Å²) in [6.07, 6.45) is 0. The monoisotopic (exact) mass is 289 g/mol. The molecule has 1 unspecified atom stereocenters. The Labute approximate surface area is 125 Å². The van der Waals surface area contributed by atoms with Crippen LogP contribution >= 0.6 is 0 Å². The second kappa shape index (κ2) is 5.48. The van der Waals surface area contributed by atoms with Crippen LogP contribution in [0.1, 0.15) is 39.6 Å². The molecule has 2 rings (SSSR count). The first kappa shape index (κ1) is 15.5. The summed E-state index contributed by atoms with van der Waals surface area (Å²) in [6, 6.07) is 7.86. The van der Waals surface area contributed by atoms with Gasteiger partial charge in [0.05, 0.1) is 23.6 Å². The number of fused-ring (bicyclic) bond motifs is 1. The van der Waals surface area contributed by atoms with E-state index < -0.39 is 5.97 Å². The van der Waals surface area contributed by atoms with Crippen LogP contribution < -0.4 is 0 Å². The molecular formula is C16H23N3O2. The molecule has 0 radical (unpaired) electrons. The van der Waals surface area contributed by atoms with Crippen LogP contribution in [0.4, 0.5) is 0 Å². The lowest BCUT2D eigenvalue weighted by atomic mass is 10.0. The molecule has 0 saturated heterocycles. The molecule has 5 heteroatoms. The van der Waals surface area contributed by atoms with E-state index in [1.807, 2.05) is 68.5 Å². The molecule has 5 nitrogen and oxygen atoms in total. The summed E-state index contributed by atoms with van der Waals surface area (Å²) in [6.45, 7) is 8.07. The van der Waals surface area contributed by atoms with Gasteiger partial charge in [0.1, 0.15) is 5.82 Å². The fourth-order valence-corrected chi connectivity index (χ4v) is 2.78. The van der Waals surface area contributed by atoms with Crippen LogP contribution in [0.2, 0.25) is 0 Å². The van der Waals surface area contributed by atoms with E-state index in [0.29, 0.717) is 0 Å². The molecule has 0 saturated carbocycles. The number of nitrogens with zero attached hydrogens (tertiary/aromatic N) is 3. The van der Waals surface area contributed by atoms with Gasteiger partial charge in [-0.1, -0.05) is 12.1 Å². The van der Waals surface area contributed by atoms with Gasteiger partial charge in [-0.2, -0.15) is 0 Å². The summed E-state index contributed by atoms with van der Waals surface area (Å²) >= 11 is 0. The highest BCUT2D eigenvalue weighted by atomic mass is 16.4. The number of hydrogen-bond acceptors (Lipinski definition) is 3. The standard InChI is InChI=1S/C16H23N3O2/c1-11(19(10-14(20)21)16(2,3)4)15-17-12-8-6-7-9-13(12)18(15)5/h6-9,11H,10H2,1-5H3,(H,20,21). The molecule has 1 aromatic carbocycles. The molecular weight excluding hydrogens is 266 g/mol. The zero-order valence-electron chi connectivity index (χ0n) is 13.3. The molecule has 1 N–H and O–H groups in total. The third kappa shape index (κ3) is 3.08. The van der Waals surface area contributed by atoms with Gasteiger partial charge in [0.15, 0.2) is 0 Å². The van der Waals surface area contributed by atoms with Crippen molar-refractivity contribution in [3.8, 4) is 0 Å². The Kier molecular flexibility index (Phi) is 4.05. The van der Waals surface area contributed by atoms with E-state index in [0.717, 1.165) is 16.9 Å². The molecule has 1 heterocycles. The predicted molar refractivity (Wildman–Crippen MR) is 83.2 cm³/mol. The number of rotatable bonds is 4. The van der Waals surface area contributed by atoms with Crippen molar-refractivity contribution in [1.29, 1.82) is 0 Å². The van der Waals surface area contributed by atoms with Gasteiger partial charge in [-0.15, -0.1) is 0 Å². The number of aromatic nitrogens is 2. The normalized spacial score (nSPS) is 13.8. The first-order chi connectivity index (χ1) is 9.71. The van der Waals surface area contributed by atoms with Gasteiger partial charge in [0, 0.05) is 12.6 Å². The summed E-state index contributed by atoms with van der Waals surface area (Å²) in [5, 5.41) is 9.18. The highest BCUT2D eigenvalue weighted by Crippen LogP contribution is 2.28. The Morgan fingerprint density at radius 2 is 2.00 bits per heavy atom. The highest BCUT2D eigenvalue weighted by molar-refractivity contribution is 5.76. The summed E-state index contributed by atoms with van der Waals surface area (Å²) in [5.74, 6) is 0.0583.